The van der Waals surface area contributed by atoms with Crippen LogP contribution in [-0.2, 0) is 4.79 Å². The molecule has 0 radical (unpaired) electrons. The van der Waals surface area contributed by atoms with Gasteiger partial charge in [0, 0.05) is 12.3 Å². The van der Waals surface area contributed by atoms with Gasteiger partial charge in [-0.3, -0.25) is 9.69 Å². The van der Waals surface area contributed by atoms with Gasteiger partial charge in [-0.05, 0) is 59.6 Å². The molecule has 2 heterocycles. The maximum atomic E-state index is 13.2. The molecule has 1 atom stereocenters. The van der Waals surface area contributed by atoms with E-state index in [0.717, 1.165) is 17.0 Å². The average Bonchev–Trinajstić information content (AvgIpc) is 2.82. The first-order valence-electron chi connectivity index (χ1n) is 10.7. The third-order valence-electron chi connectivity index (χ3n) is 5.55. The fraction of sp³-hybridized carbons (Fsp3) is 0.333. The third kappa shape index (κ3) is 4.50. The van der Waals surface area contributed by atoms with Gasteiger partial charge in [0.1, 0.15) is 5.75 Å². The zero-order valence-electron chi connectivity index (χ0n) is 18.4. The Labute approximate surface area is 205 Å². The number of phenols is 1. The van der Waals surface area contributed by atoms with Crippen molar-refractivity contribution in [2.45, 2.75) is 26.2 Å². The Morgan fingerprint density at radius 3 is 2.67 bits per heavy atom. The lowest BCUT2D eigenvalue weighted by molar-refractivity contribution is -0.129. The van der Waals surface area contributed by atoms with Gasteiger partial charge >= 0.3 is 0 Å². The second kappa shape index (κ2) is 9.98. The van der Waals surface area contributed by atoms with E-state index < -0.39 is 5.92 Å². The molecule has 0 aliphatic carbocycles. The number of carbonyl (C=O) groups is 1. The minimum absolute atomic E-state index is 0.00571. The molecule has 0 bridgehead atoms. The van der Waals surface area contributed by atoms with Gasteiger partial charge in [0.2, 0.25) is 5.91 Å². The Morgan fingerprint density at radius 1 is 1.21 bits per heavy atom. The van der Waals surface area contributed by atoms with Crippen LogP contribution in [0, 0.1) is 11.3 Å². The molecule has 1 saturated heterocycles. The number of benzene rings is 2. The van der Waals surface area contributed by atoms with Crippen LogP contribution in [0.25, 0.3) is 0 Å². The van der Waals surface area contributed by atoms with Crippen LogP contribution in [0.15, 0.2) is 51.5 Å². The summed E-state index contributed by atoms with van der Waals surface area (Å²) in [4.78, 5) is 17.0. The molecule has 2 aliphatic heterocycles. The monoisotopic (exact) mass is 529 g/mol. The number of thioether (sulfide) groups is 1. The SMILES string of the molecule is CCOc1ccccc1N1CSC2=C(C#N)[C@@H](c3cc(Br)c(O)c(OCC)c3)CC(=O)N2C1. The highest BCUT2D eigenvalue weighted by atomic mass is 79.9. The molecule has 4 rings (SSSR count). The van der Waals surface area contributed by atoms with Gasteiger partial charge < -0.3 is 19.5 Å². The van der Waals surface area contributed by atoms with E-state index in [0.29, 0.717) is 46.6 Å². The van der Waals surface area contributed by atoms with Gasteiger partial charge in [-0.2, -0.15) is 5.26 Å². The number of anilines is 1. The van der Waals surface area contributed by atoms with Gasteiger partial charge in [-0.25, -0.2) is 0 Å². The molecule has 2 aromatic rings. The lowest BCUT2D eigenvalue weighted by Gasteiger charge is -2.42. The van der Waals surface area contributed by atoms with Crippen molar-refractivity contribution in [3.63, 3.8) is 0 Å². The first kappa shape index (κ1) is 23.3. The predicted octanol–water partition coefficient (Wildman–Crippen LogP) is 5.17. The molecule has 2 aromatic carbocycles. The zero-order valence-corrected chi connectivity index (χ0v) is 20.8. The van der Waals surface area contributed by atoms with E-state index in [9.17, 15) is 15.2 Å². The van der Waals surface area contributed by atoms with E-state index in [1.807, 2.05) is 38.1 Å². The van der Waals surface area contributed by atoms with Gasteiger partial charge in [0.05, 0.1) is 52.6 Å². The predicted molar refractivity (Wildman–Crippen MR) is 131 cm³/mol. The zero-order chi connectivity index (χ0) is 23.5. The number of allylic oxidation sites excluding steroid dienone is 1. The largest absolute Gasteiger partial charge is 0.503 e. The Kier molecular flexibility index (Phi) is 7.05. The Morgan fingerprint density at radius 2 is 1.94 bits per heavy atom. The minimum Gasteiger partial charge on any atom is -0.503 e. The maximum Gasteiger partial charge on any atom is 0.229 e. The number of halogens is 1. The molecule has 2 aliphatic rings. The van der Waals surface area contributed by atoms with Crippen molar-refractivity contribution >= 4 is 39.3 Å². The van der Waals surface area contributed by atoms with Gasteiger partial charge in [0.15, 0.2) is 11.5 Å². The van der Waals surface area contributed by atoms with Crippen molar-refractivity contribution in [1.82, 2.24) is 4.90 Å². The molecule has 0 unspecified atom stereocenters. The van der Waals surface area contributed by atoms with Crippen LogP contribution in [-0.4, -0.2) is 41.7 Å². The van der Waals surface area contributed by atoms with Crippen LogP contribution in [0.4, 0.5) is 5.69 Å². The fourth-order valence-electron chi connectivity index (χ4n) is 4.06. The van der Waals surface area contributed by atoms with E-state index in [1.165, 1.54) is 11.8 Å². The van der Waals surface area contributed by atoms with Crippen LogP contribution in [0.3, 0.4) is 0 Å². The quantitative estimate of drug-likeness (QED) is 0.552. The van der Waals surface area contributed by atoms with E-state index in [-0.39, 0.29) is 18.1 Å². The highest BCUT2D eigenvalue weighted by molar-refractivity contribution is 9.10. The Balaban J connectivity index is 1.68. The Bertz CT molecular complexity index is 1150. The molecule has 0 aromatic heterocycles. The summed E-state index contributed by atoms with van der Waals surface area (Å²) in [7, 11) is 0. The van der Waals surface area contributed by atoms with E-state index in [4.69, 9.17) is 9.47 Å². The summed E-state index contributed by atoms with van der Waals surface area (Å²) in [5.74, 6) is 1.24. The molecule has 33 heavy (non-hydrogen) atoms. The number of hydrogen-bond acceptors (Lipinski definition) is 7. The summed E-state index contributed by atoms with van der Waals surface area (Å²) in [5, 5.41) is 21.0. The smallest absolute Gasteiger partial charge is 0.229 e. The lowest BCUT2D eigenvalue weighted by atomic mass is 9.86. The average molecular weight is 530 g/mol. The summed E-state index contributed by atoms with van der Waals surface area (Å²) in [6.45, 7) is 5.07. The molecular weight excluding hydrogens is 506 g/mol. The molecule has 1 fully saturated rings. The van der Waals surface area contributed by atoms with Crippen LogP contribution in [0.5, 0.6) is 17.2 Å². The van der Waals surface area contributed by atoms with Gasteiger partial charge in [0.25, 0.3) is 0 Å². The summed E-state index contributed by atoms with van der Waals surface area (Å²) < 4.78 is 11.8. The number of nitriles is 1. The minimum atomic E-state index is -0.403. The van der Waals surface area contributed by atoms with E-state index in [1.54, 1.807) is 17.0 Å². The molecular formula is C24H24BrN3O4S. The fourth-order valence-corrected chi connectivity index (χ4v) is 5.67. The molecule has 9 heteroatoms. The topological polar surface area (TPSA) is 86.0 Å². The van der Waals surface area contributed by atoms with Crippen LogP contribution >= 0.6 is 27.7 Å². The third-order valence-corrected chi connectivity index (χ3v) is 7.31. The molecule has 0 spiro atoms. The van der Waals surface area contributed by atoms with Crippen molar-refractivity contribution in [1.29, 1.82) is 5.26 Å². The molecule has 172 valence electrons. The number of hydrogen-bond donors (Lipinski definition) is 1. The Hall–Kier alpha value is -2.83. The highest BCUT2D eigenvalue weighted by Gasteiger charge is 2.39. The number of ether oxygens (including phenoxy) is 2. The van der Waals surface area contributed by atoms with Crippen molar-refractivity contribution in [2.75, 3.05) is 30.7 Å². The summed E-state index contributed by atoms with van der Waals surface area (Å²) >= 11 is 4.84. The maximum absolute atomic E-state index is 13.2. The van der Waals surface area contributed by atoms with Gasteiger partial charge in [-0.1, -0.05) is 23.9 Å². The van der Waals surface area contributed by atoms with Crippen LogP contribution in [0.1, 0.15) is 31.7 Å². The van der Waals surface area contributed by atoms with Crippen molar-refractivity contribution in [3.8, 4) is 23.3 Å². The number of rotatable bonds is 6. The standard InChI is InChI=1S/C24H24BrN3O4S/c1-3-31-20-8-6-5-7-19(20)27-13-28-22(29)11-16(17(12-26)24(28)33-14-27)15-9-18(25)23(30)21(10-15)32-4-2/h5-10,16,30H,3-4,11,13-14H2,1-2H3/t16-/m1/s1. The normalized spacial score (nSPS) is 18.1. The van der Waals surface area contributed by atoms with Crippen LogP contribution < -0.4 is 14.4 Å². The summed E-state index contributed by atoms with van der Waals surface area (Å²) in [6, 6.07) is 13.6. The second-order valence-electron chi connectivity index (χ2n) is 7.55. The van der Waals surface area contributed by atoms with Crippen LogP contribution in [0.2, 0.25) is 0 Å². The number of amides is 1. The van der Waals surface area contributed by atoms with Crippen molar-refractivity contribution in [2.24, 2.45) is 0 Å². The number of para-hydroxylation sites is 2. The molecule has 0 saturated carbocycles. The molecule has 7 nitrogen and oxygen atoms in total. The lowest BCUT2D eigenvalue weighted by Crippen LogP contribution is -2.47. The first-order chi connectivity index (χ1) is 16.0. The number of fused-ring (bicyclic) bond motifs is 1. The number of carbonyl (C=O) groups excluding carboxylic acids is 1. The summed E-state index contributed by atoms with van der Waals surface area (Å²) in [6.07, 6.45) is 0.163. The first-order valence-corrected chi connectivity index (χ1v) is 12.5. The van der Waals surface area contributed by atoms with Crippen molar-refractivity contribution in [3.05, 3.63) is 57.0 Å². The van der Waals surface area contributed by atoms with E-state index in [2.05, 4.69) is 26.9 Å². The van der Waals surface area contributed by atoms with E-state index >= 15 is 0 Å². The number of aromatic hydroxyl groups is 1. The molecule has 1 N–H and O–H groups in total. The number of phenolic OH excluding ortho intramolecular Hbond substituents is 1. The van der Waals surface area contributed by atoms with Crippen molar-refractivity contribution < 1.29 is 19.4 Å². The van der Waals surface area contributed by atoms with Gasteiger partial charge in [-0.15, -0.1) is 0 Å². The second-order valence-corrected chi connectivity index (χ2v) is 9.33. The highest BCUT2D eigenvalue weighted by Crippen LogP contribution is 2.46. The number of nitrogens with zero attached hydrogens (tertiary/aromatic N) is 3. The summed E-state index contributed by atoms with van der Waals surface area (Å²) in [5.41, 5.74) is 2.23. The molecule has 1 amide bonds.